The number of nitrogens with zero attached hydrogens (tertiary/aromatic N) is 1. The molecule has 0 fully saturated rings. The maximum absolute atomic E-state index is 13.5. The first-order chi connectivity index (χ1) is 11.4. The average Bonchev–Trinajstić information content (AvgIpc) is 2.56. The molecule has 0 bridgehead atoms. The maximum Gasteiger partial charge on any atom is 0.226 e. The highest BCUT2D eigenvalue weighted by Gasteiger charge is 2.14. The average molecular weight is 337 g/mol. The smallest absolute Gasteiger partial charge is 0.226 e. The molecular formula is C17H18F3N3O. The molecule has 0 aliphatic rings. The van der Waals surface area contributed by atoms with Crippen LogP contribution in [0.3, 0.4) is 0 Å². The van der Waals surface area contributed by atoms with Crippen molar-refractivity contribution in [3.63, 3.8) is 0 Å². The second-order valence-electron chi connectivity index (χ2n) is 5.39. The predicted octanol–water partition coefficient (Wildman–Crippen LogP) is 3.61. The van der Waals surface area contributed by atoms with Crippen molar-refractivity contribution in [2.45, 2.75) is 6.42 Å². The number of amides is 1. The van der Waals surface area contributed by atoms with Gasteiger partial charge in [0, 0.05) is 38.4 Å². The molecule has 0 aromatic heterocycles. The highest BCUT2D eigenvalue weighted by molar-refractivity contribution is 5.91. The zero-order valence-electron chi connectivity index (χ0n) is 13.4. The molecular weight excluding hydrogens is 319 g/mol. The van der Waals surface area contributed by atoms with Crippen LogP contribution < -0.4 is 15.5 Å². The summed E-state index contributed by atoms with van der Waals surface area (Å²) in [6.07, 6.45) is 0.0495. The molecule has 128 valence electrons. The van der Waals surface area contributed by atoms with Gasteiger partial charge < -0.3 is 15.5 Å². The van der Waals surface area contributed by atoms with Gasteiger partial charge in [-0.25, -0.2) is 13.2 Å². The van der Waals surface area contributed by atoms with E-state index in [2.05, 4.69) is 10.6 Å². The number of benzene rings is 2. The minimum Gasteiger partial charge on any atom is -0.385 e. The Balaban J connectivity index is 1.84. The number of anilines is 3. The summed E-state index contributed by atoms with van der Waals surface area (Å²) in [4.78, 5) is 13.7. The lowest BCUT2D eigenvalue weighted by molar-refractivity contribution is -0.116. The quantitative estimate of drug-likeness (QED) is 0.792. The van der Waals surface area contributed by atoms with Gasteiger partial charge in [0.25, 0.3) is 0 Å². The van der Waals surface area contributed by atoms with Gasteiger partial charge in [-0.15, -0.1) is 0 Å². The van der Waals surface area contributed by atoms with Gasteiger partial charge in [-0.3, -0.25) is 4.79 Å². The van der Waals surface area contributed by atoms with E-state index in [-0.39, 0.29) is 12.1 Å². The summed E-state index contributed by atoms with van der Waals surface area (Å²) in [5.74, 6) is -4.81. The molecule has 0 unspecified atom stereocenters. The third-order valence-electron chi connectivity index (χ3n) is 3.37. The van der Waals surface area contributed by atoms with Crippen molar-refractivity contribution in [3.8, 4) is 0 Å². The zero-order valence-corrected chi connectivity index (χ0v) is 13.4. The van der Waals surface area contributed by atoms with Gasteiger partial charge >= 0.3 is 0 Å². The van der Waals surface area contributed by atoms with Crippen molar-refractivity contribution in [2.75, 3.05) is 36.2 Å². The number of rotatable bonds is 6. The SMILES string of the molecule is CN(C)c1ccc(NCCC(=O)Nc2ccc(F)c(F)c2F)cc1. The summed E-state index contributed by atoms with van der Waals surface area (Å²) in [6, 6.07) is 9.36. The van der Waals surface area contributed by atoms with Crippen LogP contribution >= 0.6 is 0 Å². The standard InChI is InChI=1S/C17H18F3N3O/c1-23(2)12-5-3-11(4-6-12)21-10-9-15(24)22-14-8-7-13(18)16(19)17(14)20/h3-8,21H,9-10H2,1-2H3,(H,22,24). The van der Waals surface area contributed by atoms with Gasteiger partial charge in [-0.2, -0.15) is 0 Å². The minimum atomic E-state index is -1.60. The van der Waals surface area contributed by atoms with Crippen LogP contribution in [0, 0.1) is 17.5 Å². The van der Waals surface area contributed by atoms with Gasteiger partial charge in [-0.05, 0) is 36.4 Å². The third-order valence-corrected chi connectivity index (χ3v) is 3.37. The van der Waals surface area contributed by atoms with Crippen LogP contribution in [0.4, 0.5) is 30.2 Å². The molecule has 0 saturated heterocycles. The van der Waals surface area contributed by atoms with Crippen LogP contribution in [0.15, 0.2) is 36.4 Å². The number of hydrogen-bond donors (Lipinski definition) is 2. The number of carbonyl (C=O) groups is 1. The lowest BCUT2D eigenvalue weighted by Crippen LogP contribution is -2.17. The molecule has 0 aliphatic carbocycles. The van der Waals surface area contributed by atoms with Gasteiger partial charge in [0.15, 0.2) is 17.5 Å². The number of halogens is 3. The second kappa shape index (κ2) is 7.72. The molecule has 0 spiro atoms. The van der Waals surface area contributed by atoms with Crippen molar-refractivity contribution < 1.29 is 18.0 Å². The lowest BCUT2D eigenvalue weighted by atomic mass is 10.2. The summed E-state index contributed by atoms with van der Waals surface area (Å²) in [5.41, 5.74) is 1.51. The van der Waals surface area contributed by atoms with E-state index in [9.17, 15) is 18.0 Å². The molecule has 2 rings (SSSR count). The zero-order chi connectivity index (χ0) is 17.7. The first-order valence-corrected chi connectivity index (χ1v) is 7.33. The predicted molar refractivity (Wildman–Crippen MR) is 88.8 cm³/mol. The maximum atomic E-state index is 13.5. The minimum absolute atomic E-state index is 0.0495. The summed E-state index contributed by atoms with van der Waals surface area (Å²) in [6.45, 7) is 0.318. The van der Waals surface area contributed by atoms with E-state index in [1.807, 2.05) is 43.3 Å². The Morgan fingerprint density at radius 1 is 1.00 bits per heavy atom. The highest BCUT2D eigenvalue weighted by Crippen LogP contribution is 2.20. The van der Waals surface area contributed by atoms with E-state index < -0.39 is 23.4 Å². The van der Waals surface area contributed by atoms with Gasteiger partial charge in [0.1, 0.15) is 0 Å². The Hall–Kier alpha value is -2.70. The Morgan fingerprint density at radius 3 is 2.29 bits per heavy atom. The molecule has 0 atom stereocenters. The summed E-state index contributed by atoms with van der Waals surface area (Å²) in [5, 5.41) is 5.28. The van der Waals surface area contributed by atoms with E-state index in [4.69, 9.17) is 0 Å². The van der Waals surface area contributed by atoms with Crippen LogP contribution in [-0.2, 0) is 4.79 Å². The van der Waals surface area contributed by atoms with Crippen molar-refractivity contribution in [1.29, 1.82) is 0 Å². The van der Waals surface area contributed by atoms with Crippen LogP contribution in [0.25, 0.3) is 0 Å². The van der Waals surface area contributed by atoms with Gasteiger partial charge in [0.05, 0.1) is 5.69 Å². The van der Waals surface area contributed by atoms with Crippen molar-refractivity contribution in [2.24, 2.45) is 0 Å². The Bertz CT molecular complexity index is 718. The van der Waals surface area contributed by atoms with Gasteiger partial charge in [-0.1, -0.05) is 0 Å². The Morgan fingerprint density at radius 2 is 1.67 bits per heavy atom. The summed E-state index contributed by atoms with van der Waals surface area (Å²) < 4.78 is 39.4. The molecule has 0 aliphatic heterocycles. The molecule has 7 heteroatoms. The number of hydrogen-bond acceptors (Lipinski definition) is 3. The normalized spacial score (nSPS) is 10.4. The number of nitrogens with one attached hydrogen (secondary N) is 2. The fourth-order valence-electron chi connectivity index (χ4n) is 2.03. The van der Waals surface area contributed by atoms with Crippen LogP contribution in [-0.4, -0.2) is 26.5 Å². The van der Waals surface area contributed by atoms with Gasteiger partial charge in [0.2, 0.25) is 5.91 Å². The van der Waals surface area contributed by atoms with Crippen LogP contribution in [0.2, 0.25) is 0 Å². The summed E-state index contributed by atoms with van der Waals surface area (Å²) in [7, 11) is 3.87. The molecule has 0 heterocycles. The van der Waals surface area contributed by atoms with Crippen LogP contribution in [0.5, 0.6) is 0 Å². The molecule has 4 nitrogen and oxygen atoms in total. The molecule has 24 heavy (non-hydrogen) atoms. The molecule has 2 aromatic carbocycles. The first kappa shape index (κ1) is 17.7. The molecule has 2 aromatic rings. The molecule has 1 amide bonds. The summed E-state index contributed by atoms with van der Waals surface area (Å²) >= 11 is 0. The largest absolute Gasteiger partial charge is 0.385 e. The Labute approximate surface area is 138 Å². The van der Waals surface area contributed by atoms with Crippen molar-refractivity contribution in [1.82, 2.24) is 0 Å². The van der Waals surface area contributed by atoms with E-state index >= 15 is 0 Å². The second-order valence-corrected chi connectivity index (χ2v) is 5.39. The van der Waals surface area contributed by atoms with Crippen molar-refractivity contribution in [3.05, 3.63) is 53.8 Å². The van der Waals surface area contributed by atoms with Crippen LogP contribution in [0.1, 0.15) is 6.42 Å². The topological polar surface area (TPSA) is 44.4 Å². The lowest BCUT2D eigenvalue weighted by Gasteiger charge is -2.13. The molecule has 0 saturated carbocycles. The van der Waals surface area contributed by atoms with E-state index in [1.165, 1.54) is 0 Å². The molecule has 2 N–H and O–H groups in total. The number of carbonyl (C=O) groups excluding carboxylic acids is 1. The monoisotopic (exact) mass is 337 g/mol. The fraction of sp³-hybridized carbons (Fsp3) is 0.235. The van der Waals surface area contributed by atoms with E-state index in [0.29, 0.717) is 6.54 Å². The van der Waals surface area contributed by atoms with E-state index in [1.54, 1.807) is 0 Å². The fourth-order valence-corrected chi connectivity index (χ4v) is 2.03. The first-order valence-electron chi connectivity index (χ1n) is 7.33. The highest BCUT2D eigenvalue weighted by atomic mass is 19.2. The Kier molecular flexibility index (Phi) is 5.68. The van der Waals surface area contributed by atoms with Crippen molar-refractivity contribution >= 4 is 23.0 Å². The third kappa shape index (κ3) is 4.41. The molecule has 0 radical (unpaired) electrons. The van der Waals surface area contributed by atoms with E-state index in [0.717, 1.165) is 23.5 Å².